The number of ether oxygens (including phenoxy) is 1. The van der Waals surface area contributed by atoms with Crippen LogP contribution < -0.4 is 8.92 Å². The van der Waals surface area contributed by atoms with Gasteiger partial charge in [0.15, 0.2) is 11.5 Å². The summed E-state index contributed by atoms with van der Waals surface area (Å²) in [6, 6.07) is 14.7. The summed E-state index contributed by atoms with van der Waals surface area (Å²) >= 11 is 3.35. The third kappa shape index (κ3) is 7.48. The van der Waals surface area contributed by atoms with Crippen LogP contribution >= 0.6 is 15.9 Å². The number of carbonyl (C=O) groups excluding carboxylic acids is 1. The van der Waals surface area contributed by atoms with E-state index in [1.165, 1.54) is 19.2 Å². The van der Waals surface area contributed by atoms with Gasteiger partial charge < -0.3 is 13.8 Å². The van der Waals surface area contributed by atoms with Crippen molar-refractivity contribution in [1.82, 2.24) is 4.90 Å². The Bertz CT molecular complexity index is 1360. The van der Waals surface area contributed by atoms with Crippen LogP contribution in [0.2, 0.25) is 0 Å². The topological polar surface area (TPSA) is 72.9 Å². The lowest BCUT2D eigenvalue weighted by atomic mass is 10.1. The van der Waals surface area contributed by atoms with Gasteiger partial charge in [0.05, 0.1) is 12.7 Å². The number of amides is 1. The molecular formula is C26H25BrF3NO5S. The van der Waals surface area contributed by atoms with E-state index in [-0.39, 0.29) is 29.9 Å². The highest BCUT2D eigenvalue weighted by Gasteiger charge is 2.32. The molecule has 0 saturated carbocycles. The minimum absolute atomic E-state index is 0.0638. The molecule has 0 aliphatic carbocycles. The fourth-order valence-electron chi connectivity index (χ4n) is 3.53. The summed E-state index contributed by atoms with van der Waals surface area (Å²) in [6.45, 7) is 4.49. The molecule has 1 amide bonds. The molecule has 0 bridgehead atoms. The van der Waals surface area contributed by atoms with Crippen LogP contribution in [0.15, 0.2) is 76.1 Å². The predicted molar refractivity (Wildman–Crippen MR) is 136 cm³/mol. The van der Waals surface area contributed by atoms with Gasteiger partial charge in [-0.05, 0) is 66.1 Å². The molecule has 3 rings (SSSR count). The highest BCUT2D eigenvalue weighted by atomic mass is 79.9. The van der Waals surface area contributed by atoms with Crippen molar-refractivity contribution in [3.8, 4) is 11.5 Å². The number of carbonyl (C=O) groups is 1. The fourth-order valence-corrected chi connectivity index (χ4v) is 4.78. The Balaban J connectivity index is 1.92. The first-order valence-corrected chi connectivity index (χ1v) is 13.3. The standard InChI is InChI=1S/C26H25BrF3NO5S/c1-17(2)15-31(25(32)19-8-10-21(27)11-9-19)16-18-7-12-23(35-3)24(13-18)36-37(33,34)22-6-4-5-20(14-22)26(28,29)30/h4-14,17H,15-16H2,1-3H3. The van der Waals surface area contributed by atoms with Crippen molar-refractivity contribution < 1.29 is 35.3 Å². The van der Waals surface area contributed by atoms with Crippen LogP contribution in [0.1, 0.15) is 35.3 Å². The Morgan fingerprint density at radius 3 is 2.27 bits per heavy atom. The zero-order valence-electron chi connectivity index (χ0n) is 20.3. The van der Waals surface area contributed by atoms with Gasteiger partial charge in [0.1, 0.15) is 4.90 Å². The number of rotatable bonds is 9. The van der Waals surface area contributed by atoms with E-state index in [1.807, 2.05) is 13.8 Å². The highest BCUT2D eigenvalue weighted by Crippen LogP contribution is 2.34. The van der Waals surface area contributed by atoms with Crippen molar-refractivity contribution in [2.75, 3.05) is 13.7 Å². The number of hydrogen-bond donors (Lipinski definition) is 0. The molecule has 3 aromatic carbocycles. The number of alkyl halides is 3. The summed E-state index contributed by atoms with van der Waals surface area (Å²) in [5.41, 5.74) is -0.0872. The molecule has 0 aromatic heterocycles. The third-order valence-electron chi connectivity index (χ3n) is 5.21. The second-order valence-electron chi connectivity index (χ2n) is 8.63. The Kier molecular flexibility index (Phi) is 8.91. The van der Waals surface area contributed by atoms with E-state index in [1.54, 1.807) is 35.2 Å². The number of benzene rings is 3. The second-order valence-corrected chi connectivity index (χ2v) is 11.1. The molecular weight excluding hydrogens is 575 g/mol. The highest BCUT2D eigenvalue weighted by molar-refractivity contribution is 9.10. The summed E-state index contributed by atoms with van der Waals surface area (Å²) in [6.07, 6.45) is -4.72. The van der Waals surface area contributed by atoms with Crippen LogP contribution in [0.3, 0.4) is 0 Å². The number of methoxy groups -OCH3 is 1. The van der Waals surface area contributed by atoms with Crippen LogP contribution in [0.5, 0.6) is 11.5 Å². The zero-order chi connectivity index (χ0) is 27.4. The Labute approximate surface area is 222 Å². The van der Waals surface area contributed by atoms with E-state index in [4.69, 9.17) is 8.92 Å². The van der Waals surface area contributed by atoms with E-state index >= 15 is 0 Å². The van der Waals surface area contributed by atoms with Gasteiger partial charge in [-0.25, -0.2) is 0 Å². The SMILES string of the molecule is COc1ccc(CN(CC(C)C)C(=O)c2ccc(Br)cc2)cc1OS(=O)(=O)c1cccc(C(F)(F)F)c1. The Morgan fingerprint density at radius 1 is 1.00 bits per heavy atom. The van der Waals surface area contributed by atoms with E-state index in [2.05, 4.69) is 15.9 Å². The Morgan fingerprint density at radius 2 is 1.68 bits per heavy atom. The van der Waals surface area contributed by atoms with E-state index < -0.39 is 26.8 Å². The number of halogens is 4. The van der Waals surface area contributed by atoms with Gasteiger partial charge in [-0.2, -0.15) is 21.6 Å². The van der Waals surface area contributed by atoms with Gasteiger partial charge in [0.25, 0.3) is 5.91 Å². The minimum Gasteiger partial charge on any atom is -0.493 e. The van der Waals surface area contributed by atoms with E-state index in [9.17, 15) is 26.4 Å². The van der Waals surface area contributed by atoms with E-state index in [0.29, 0.717) is 23.7 Å². The van der Waals surface area contributed by atoms with Gasteiger partial charge in [-0.1, -0.05) is 41.9 Å². The number of nitrogens with zero attached hydrogens (tertiary/aromatic N) is 1. The van der Waals surface area contributed by atoms with Crippen molar-refractivity contribution in [1.29, 1.82) is 0 Å². The summed E-state index contributed by atoms with van der Waals surface area (Å²) in [4.78, 5) is 14.2. The first-order valence-electron chi connectivity index (χ1n) is 11.1. The molecule has 0 radical (unpaired) electrons. The van der Waals surface area contributed by atoms with E-state index in [0.717, 1.165) is 22.7 Å². The summed E-state index contributed by atoms with van der Waals surface area (Å²) in [5.74, 6) is -0.210. The predicted octanol–water partition coefficient (Wildman–Crippen LogP) is 6.54. The van der Waals surface area contributed by atoms with Crippen molar-refractivity contribution in [2.24, 2.45) is 5.92 Å². The molecule has 0 aliphatic rings. The van der Waals surface area contributed by atoms with Gasteiger partial charge in [0.2, 0.25) is 0 Å². The lowest BCUT2D eigenvalue weighted by Gasteiger charge is -2.25. The quantitative estimate of drug-likeness (QED) is 0.261. The summed E-state index contributed by atoms with van der Waals surface area (Å²) in [7, 11) is -3.31. The van der Waals surface area contributed by atoms with Crippen LogP contribution in [-0.2, 0) is 22.8 Å². The van der Waals surface area contributed by atoms with Crippen LogP contribution in [-0.4, -0.2) is 32.9 Å². The molecule has 6 nitrogen and oxygen atoms in total. The average molecular weight is 600 g/mol. The molecule has 0 aliphatic heterocycles. The molecule has 0 saturated heterocycles. The van der Waals surface area contributed by atoms with Gasteiger partial charge >= 0.3 is 16.3 Å². The molecule has 0 heterocycles. The third-order valence-corrected chi connectivity index (χ3v) is 6.97. The van der Waals surface area contributed by atoms with Gasteiger partial charge in [-0.3, -0.25) is 4.79 Å². The maximum atomic E-state index is 13.2. The summed E-state index contributed by atoms with van der Waals surface area (Å²) in [5, 5.41) is 0. The molecule has 0 fully saturated rings. The normalized spacial score (nSPS) is 11.9. The second kappa shape index (κ2) is 11.6. The Hall–Kier alpha value is -3.05. The molecule has 0 atom stereocenters. The molecule has 198 valence electrons. The van der Waals surface area contributed by atoms with Crippen LogP contribution in [0.25, 0.3) is 0 Å². The monoisotopic (exact) mass is 599 g/mol. The van der Waals surface area contributed by atoms with Crippen molar-refractivity contribution in [2.45, 2.75) is 31.5 Å². The number of hydrogen-bond acceptors (Lipinski definition) is 5. The lowest BCUT2D eigenvalue weighted by Crippen LogP contribution is -2.33. The molecule has 11 heteroatoms. The van der Waals surface area contributed by atoms with Crippen molar-refractivity contribution >= 4 is 32.0 Å². The van der Waals surface area contributed by atoms with Gasteiger partial charge in [-0.15, -0.1) is 0 Å². The first-order chi connectivity index (χ1) is 17.3. The van der Waals surface area contributed by atoms with Crippen LogP contribution in [0, 0.1) is 5.92 Å². The van der Waals surface area contributed by atoms with Crippen molar-refractivity contribution in [3.05, 3.63) is 87.9 Å². The summed E-state index contributed by atoms with van der Waals surface area (Å²) < 4.78 is 76.2. The first kappa shape index (κ1) is 28.5. The average Bonchev–Trinajstić information content (AvgIpc) is 2.83. The molecule has 0 N–H and O–H groups in total. The largest absolute Gasteiger partial charge is 0.493 e. The fraction of sp³-hybridized carbons (Fsp3) is 0.269. The van der Waals surface area contributed by atoms with Gasteiger partial charge in [0, 0.05) is 23.1 Å². The molecule has 37 heavy (non-hydrogen) atoms. The maximum absolute atomic E-state index is 13.2. The smallest absolute Gasteiger partial charge is 0.416 e. The molecule has 3 aromatic rings. The molecule has 0 spiro atoms. The minimum atomic E-state index is -4.72. The molecule has 0 unspecified atom stereocenters. The lowest BCUT2D eigenvalue weighted by molar-refractivity contribution is -0.137. The maximum Gasteiger partial charge on any atom is 0.416 e. The zero-order valence-corrected chi connectivity index (χ0v) is 22.7. The van der Waals surface area contributed by atoms with Crippen LogP contribution in [0.4, 0.5) is 13.2 Å². The van der Waals surface area contributed by atoms with Crippen molar-refractivity contribution in [3.63, 3.8) is 0 Å².